The van der Waals surface area contributed by atoms with E-state index in [4.69, 9.17) is 0 Å². The summed E-state index contributed by atoms with van der Waals surface area (Å²) in [5.74, 6) is 0. The zero-order valence-corrected chi connectivity index (χ0v) is 7.69. The second-order valence-electron chi connectivity index (χ2n) is 3.74. The average molecular weight is 181 g/mol. The largest absolute Gasteiger partial charge is 0.369 e. The van der Waals surface area contributed by atoms with Gasteiger partial charge in [-0.25, -0.2) is 4.68 Å². The highest BCUT2D eigenvalue weighted by atomic mass is 16.3. The highest BCUT2D eigenvalue weighted by Gasteiger charge is 2.30. The Morgan fingerprint density at radius 1 is 1.15 bits per heavy atom. The van der Waals surface area contributed by atoms with E-state index < -0.39 is 5.72 Å². The highest BCUT2D eigenvalue weighted by Crippen LogP contribution is 2.30. The van der Waals surface area contributed by atoms with Crippen LogP contribution in [0, 0.1) is 0 Å². The summed E-state index contributed by atoms with van der Waals surface area (Å²) in [6, 6.07) is 0. The summed E-state index contributed by atoms with van der Waals surface area (Å²) < 4.78 is 1.60. The molecule has 0 bridgehead atoms. The smallest absolute Gasteiger partial charge is 0.159 e. The molecule has 0 spiro atoms. The Bertz CT molecular complexity index is 250. The lowest BCUT2D eigenvalue weighted by atomic mass is 10.1. The van der Waals surface area contributed by atoms with E-state index in [9.17, 15) is 5.11 Å². The molecule has 1 fully saturated rings. The first-order chi connectivity index (χ1) is 6.31. The first-order valence-electron chi connectivity index (χ1n) is 4.90. The number of aromatic nitrogens is 3. The van der Waals surface area contributed by atoms with Gasteiger partial charge in [-0.15, -0.1) is 5.10 Å². The highest BCUT2D eigenvalue weighted by molar-refractivity contribution is 4.79. The maximum Gasteiger partial charge on any atom is 0.159 e. The minimum Gasteiger partial charge on any atom is -0.369 e. The molecule has 4 heteroatoms. The number of nitrogens with zero attached hydrogens (tertiary/aromatic N) is 3. The van der Waals surface area contributed by atoms with E-state index >= 15 is 0 Å². The van der Waals surface area contributed by atoms with Crippen LogP contribution in [0.5, 0.6) is 0 Å². The second-order valence-corrected chi connectivity index (χ2v) is 3.74. The predicted molar refractivity (Wildman–Crippen MR) is 47.9 cm³/mol. The van der Waals surface area contributed by atoms with Crippen LogP contribution >= 0.6 is 0 Å². The minimum atomic E-state index is -0.771. The van der Waals surface area contributed by atoms with Crippen molar-refractivity contribution in [1.29, 1.82) is 0 Å². The van der Waals surface area contributed by atoms with Crippen molar-refractivity contribution in [3.05, 3.63) is 12.4 Å². The lowest BCUT2D eigenvalue weighted by Crippen LogP contribution is -2.33. The standard InChI is InChI=1S/C9H15N3O/c13-9(12-8-7-10-11-12)5-3-1-2-4-6-9/h7-8,13H,1-6H2. The van der Waals surface area contributed by atoms with E-state index in [-0.39, 0.29) is 0 Å². The maximum absolute atomic E-state index is 10.3. The molecular formula is C9H15N3O. The summed E-state index contributed by atoms with van der Waals surface area (Å²) in [5.41, 5.74) is -0.771. The molecule has 1 N–H and O–H groups in total. The third-order valence-electron chi connectivity index (χ3n) is 2.75. The fourth-order valence-corrected chi connectivity index (χ4v) is 1.95. The first-order valence-corrected chi connectivity index (χ1v) is 4.90. The van der Waals surface area contributed by atoms with Gasteiger partial charge in [0.1, 0.15) is 0 Å². The van der Waals surface area contributed by atoms with Crippen LogP contribution < -0.4 is 0 Å². The van der Waals surface area contributed by atoms with E-state index in [1.807, 2.05) is 0 Å². The van der Waals surface area contributed by atoms with Crippen molar-refractivity contribution in [3.8, 4) is 0 Å². The summed E-state index contributed by atoms with van der Waals surface area (Å²) >= 11 is 0. The molecule has 0 amide bonds. The third kappa shape index (κ3) is 1.72. The van der Waals surface area contributed by atoms with Gasteiger partial charge in [-0.3, -0.25) is 0 Å². The van der Waals surface area contributed by atoms with Gasteiger partial charge in [-0.2, -0.15) is 0 Å². The molecule has 1 saturated carbocycles. The summed E-state index contributed by atoms with van der Waals surface area (Å²) in [6.07, 6.45) is 9.56. The van der Waals surface area contributed by atoms with E-state index in [2.05, 4.69) is 10.3 Å². The Balaban J connectivity index is 2.17. The van der Waals surface area contributed by atoms with Gasteiger partial charge in [-0.1, -0.05) is 18.1 Å². The normalized spacial score (nSPS) is 22.5. The van der Waals surface area contributed by atoms with Gasteiger partial charge >= 0.3 is 0 Å². The van der Waals surface area contributed by atoms with Crippen molar-refractivity contribution in [2.75, 3.05) is 0 Å². The Morgan fingerprint density at radius 2 is 1.85 bits per heavy atom. The molecule has 0 saturated heterocycles. The molecule has 0 unspecified atom stereocenters. The van der Waals surface area contributed by atoms with Gasteiger partial charge < -0.3 is 5.11 Å². The minimum absolute atomic E-state index is 0.771. The van der Waals surface area contributed by atoms with Crippen LogP contribution in [0.4, 0.5) is 0 Å². The summed E-state index contributed by atoms with van der Waals surface area (Å²) in [4.78, 5) is 0. The van der Waals surface area contributed by atoms with Crippen molar-refractivity contribution in [3.63, 3.8) is 0 Å². The zero-order chi connectivity index (χ0) is 9.15. The maximum atomic E-state index is 10.3. The molecule has 1 aromatic rings. The third-order valence-corrected chi connectivity index (χ3v) is 2.75. The van der Waals surface area contributed by atoms with E-state index in [1.54, 1.807) is 17.1 Å². The molecule has 1 aliphatic carbocycles. The van der Waals surface area contributed by atoms with Crippen LogP contribution in [0.15, 0.2) is 12.4 Å². The lowest BCUT2D eigenvalue weighted by molar-refractivity contribution is -0.0637. The Labute approximate surface area is 77.6 Å². The number of hydrogen-bond acceptors (Lipinski definition) is 3. The molecular weight excluding hydrogens is 166 g/mol. The molecule has 1 heterocycles. The van der Waals surface area contributed by atoms with Gasteiger partial charge in [0.25, 0.3) is 0 Å². The van der Waals surface area contributed by atoms with Crippen LogP contribution in [0.1, 0.15) is 38.5 Å². The molecule has 0 radical (unpaired) electrons. The molecule has 1 aliphatic rings. The molecule has 13 heavy (non-hydrogen) atoms. The Morgan fingerprint density at radius 3 is 2.38 bits per heavy atom. The molecule has 4 nitrogen and oxygen atoms in total. The van der Waals surface area contributed by atoms with Gasteiger partial charge in [0, 0.05) is 6.20 Å². The summed E-state index contributed by atoms with van der Waals surface area (Å²) in [6.45, 7) is 0. The molecule has 2 rings (SSSR count). The van der Waals surface area contributed by atoms with Crippen LogP contribution in [-0.2, 0) is 5.72 Å². The summed E-state index contributed by atoms with van der Waals surface area (Å²) in [5, 5.41) is 17.9. The first kappa shape index (κ1) is 8.69. The quantitative estimate of drug-likeness (QED) is 0.664. The number of hydrogen-bond donors (Lipinski definition) is 1. The van der Waals surface area contributed by atoms with Crippen molar-refractivity contribution in [1.82, 2.24) is 15.0 Å². The van der Waals surface area contributed by atoms with Crippen molar-refractivity contribution in [2.24, 2.45) is 0 Å². The van der Waals surface area contributed by atoms with Crippen LogP contribution in [0.3, 0.4) is 0 Å². The Hall–Kier alpha value is -0.900. The van der Waals surface area contributed by atoms with Crippen molar-refractivity contribution in [2.45, 2.75) is 44.2 Å². The molecule has 0 aromatic carbocycles. The van der Waals surface area contributed by atoms with Crippen LogP contribution in [-0.4, -0.2) is 20.1 Å². The fraction of sp³-hybridized carbons (Fsp3) is 0.778. The van der Waals surface area contributed by atoms with Crippen molar-refractivity contribution >= 4 is 0 Å². The molecule has 0 atom stereocenters. The SMILES string of the molecule is OC1(n2ccnn2)CCCCCC1. The van der Waals surface area contributed by atoms with Gasteiger partial charge in [0.15, 0.2) is 5.72 Å². The zero-order valence-electron chi connectivity index (χ0n) is 7.69. The second kappa shape index (κ2) is 3.46. The van der Waals surface area contributed by atoms with Gasteiger partial charge in [0.2, 0.25) is 0 Å². The molecule has 72 valence electrons. The van der Waals surface area contributed by atoms with E-state index in [0.717, 1.165) is 25.7 Å². The molecule has 1 aromatic heterocycles. The topological polar surface area (TPSA) is 50.9 Å². The lowest BCUT2D eigenvalue weighted by Gasteiger charge is -2.25. The van der Waals surface area contributed by atoms with Crippen LogP contribution in [0.2, 0.25) is 0 Å². The van der Waals surface area contributed by atoms with Crippen molar-refractivity contribution < 1.29 is 5.11 Å². The monoisotopic (exact) mass is 181 g/mol. The summed E-state index contributed by atoms with van der Waals surface area (Å²) in [7, 11) is 0. The van der Waals surface area contributed by atoms with Gasteiger partial charge in [-0.05, 0) is 25.7 Å². The molecule has 0 aliphatic heterocycles. The predicted octanol–water partition coefficient (Wildman–Crippen LogP) is 1.28. The number of aliphatic hydroxyl groups is 1. The average Bonchev–Trinajstić information content (AvgIpc) is 2.57. The Kier molecular flexibility index (Phi) is 2.31. The van der Waals surface area contributed by atoms with E-state index in [1.165, 1.54) is 12.8 Å². The van der Waals surface area contributed by atoms with E-state index in [0.29, 0.717) is 0 Å². The fourth-order valence-electron chi connectivity index (χ4n) is 1.95. The van der Waals surface area contributed by atoms with Gasteiger partial charge in [0.05, 0.1) is 6.20 Å². The number of rotatable bonds is 1. The van der Waals surface area contributed by atoms with Crippen LogP contribution in [0.25, 0.3) is 0 Å².